The van der Waals surface area contributed by atoms with Gasteiger partial charge in [-0.3, -0.25) is 9.59 Å². The Morgan fingerprint density at radius 3 is 2.18 bits per heavy atom. The molecule has 2 aliphatic carbocycles. The molecule has 0 saturated carbocycles. The highest BCUT2D eigenvalue weighted by atomic mass is 35.5. The lowest BCUT2D eigenvalue weighted by Gasteiger charge is -2.28. The van der Waals surface area contributed by atoms with Crippen molar-refractivity contribution in [2.75, 3.05) is 5.32 Å². The lowest BCUT2D eigenvalue weighted by Crippen LogP contribution is -2.37. The van der Waals surface area contributed by atoms with Gasteiger partial charge < -0.3 is 5.32 Å². The van der Waals surface area contributed by atoms with E-state index in [9.17, 15) is 9.59 Å². The molecule has 0 aliphatic heterocycles. The summed E-state index contributed by atoms with van der Waals surface area (Å²) in [6.07, 6.45) is 6.92. The van der Waals surface area contributed by atoms with E-state index in [0.29, 0.717) is 11.3 Å². The van der Waals surface area contributed by atoms with Crippen LogP contribution in [0.5, 0.6) is 0 Å². The van der Waals surface area contributed by atoms with Gasteiger partial charge in [0, 0.05) is 5.69 Å². The molecule has 0 aromatic heterocycles. The Bertz CT molecular complexity index is 782. The number of nitriles is 1. The zero-order valence-electron chi connectivity index (χ0n) is 11.4. The van der Waals surface area contributed by atoms with E-state index in [-0.39, 0.29) is 22.3 Å². The Morgan fingerprint density at radius 2 is 1.59 bits per heavy atom. The van der Waals surface area contributed by atoms with Crippen LogP contribution in [0, 0.1) is 23.2 Å². The third-order valence-electron chi connectivity index (χ3n) is 3.71. The monoisotopic (exact) mass is 310 g/mol. The van der Waals surface area contributed by atoms with Crippen molar-refractivity contribution < 1.29 is 9.59 Å². The van der Waals surface area contributed by atoms with Gasteiger partial charge in [0.05, 0.1) is 23.5 Å². The van der Waals surface area contributed by atoms with Crippen molar-refractivity contribution >= 4 is 28.9 Å². The lowest BCUT2D eigenvalue weighted by atomic mass is 9.77. The van der Waals surface area contributed by atoms with Crippen LogP contribution in [0.25, 0.3) is 0 Å². The average molecular weight is 311 g/mol. The van der Waals surface area contributed by atoms with Gasteiger partial charge in [-0.15, -0.1) is 0 Å². The molecule has 4 nitrogen and oxygen atoms in total. The fourth-order valence-electron chi connectivity index (χ4n) is 2.54. The van der Waals surface area contributed by atoms with E-state index in [4.69, 9.17) is 16.9 Å². The molecule has 0 saturated heterocycles. The summed E-state index contributed by atoms with van der Waals surface area (Å²) in [6.45, 7) is 0. The number of carbonyl (C=O) groups excluding carboxylic acids is 2. The number of rotatable bonds is 2. The summed E-state index contributed by atoms with van der Waals surface area (Å²) in [5, 5.41) is 11.6. The number of Topliss-reactive ketones (excluding diaryl/α,β-unsaturated/α-hetero) is 2. The quantitative estimate of drug-likeness (QED) is 0.911. The number of benzene rings is 1. The molecule has 0 heterocycles. The van der Waals surface area contributed by atoms with Crippen molar-refractivity contribution in [2.45, 2.75) is 0 Å². The van der Waals surface area contributed by atoms with Gasteiger partial charge in [0.25, 0.3) is 0 Å². The second-order valence-electron chi connectivity index (χ2n) is 5.05. The molecule has 0 bridgehead atoms. The topological polar surface area (TPSA) is 70.0 Å². The molecule has 2 atom stereocenters. The van der Waals surface area contributed by atoms with Crippen molar-refractivity contribution in [2.24, 2.45) is 11.8 Å². The fraction of sp³-hybridized carbons (Fsp3) is 0.118. The lowest BCUT2D eigenvalue weighted by molar-refractivity contribution is -0.126. The number of halogens is 1. The molecule has 0 amide bonds. The molecule has 1 N–H and O–H groups in total. The van der Waals surface area contributed by atoms with Gasteiger partial charge in [0.1, 0.15) is 10.7 Å². The first-order chi connectivity index (χ1) is 10.6. The van der Waals surface area contributed by atoms with E-state index in [1.54, 1.807) is 48.6 Å². The number of anilines is 1. The molecule has 108 valence electrons. The van der Waals surface area contributed by atoms with E-state index in [0.717, 1.165) is 0 Å². The summed E-state index contributed by atoms with van der Waals surface area (Å²) in [5.41, 5.74) is 1.22. The summed E-state index contributed by atoms with van der Waals surface area (Å²) in [4.78, 5) is 24.8. The number of nitrogens with one attached hydrogen (secondary N) is 1. The van der Waals surface area contributed by atoms with Crippen molar-refractivity contribution in [3.63, 3.8) is 0 Å². The first-order valence-electron chi connectivity index (χ1n) is 6.72. The largest absolute Gasteiger partial charge is 0.351 e. The van der Waals surface area contributed by atoms with Crippen LogP contribution in [0.4, 0.5) is 5.69 Å². The molecular weight excluding hydrogens is 300 g/mol. The van der Waals surface area contributed by atoms with Crippen LogP contribution in [-0.2, 0) is 9.59 Å². The van der Waals surface area contributed by atoms with Crippen LogP contribution in [0.3, 0.4) is 0 Å². The molecule has 0 radical (unpaired) electrons. The van der Waals surface area contributed by atoms with E-state index in [1.165, 1.54) is 0 Å². The number of ketones is 2. The number of nitrogens with zero attached hydrogens (tertiary/aromatic N) is 1. The molecular formula is C17H11ClN2O2. The zero-order chi connectivity index (χ0) is 15.7. The summed E-state index contributed by atoms with van der Waals surface area (Å²) in [6, 6.07) is 8.59. The van der Waals surface area contributed by atoms with Gasteiger partial charge in [0.2, 0.25) is 0 Å². The SMILES string of the molecule is N#Cc1ccc(NC2=C(Cl)C(=O)C3C=CC=CC3C2=O)cc1. The van der Waals surface area contributed by atoms with Crippen molar-refractivity contribution in [1.29, 1.82) is 5.26 Å². The van der Waals surface area contributed by atoms with E-state index in [2.05, 4.69) is 5.32 Å². The van der Waals surface area contributed by atoms with Gasteiger partial charge in [-0.2, -0.15) is 5.26 Å². The Hall–Kier alpha value is -2.64. The Balaban J connectivity index is 1.94. The van der Waals surface area contributed by atoms with Gasteiger partial charge in [-0.25, -0.2) is 0 Å². The summed E-state index contributed by atoms with van der Waals surface area (Å²) in [7, 11) is 0. The van der Waals surface area contributed by atoms with Crippen LogP contribution in [-0.4, -0.2) is 11.6 Å². The minimum absolute atomic E-state index is 0.0736. The van der Waals surface area contributed by atoms with Crippen LogP contribution in [0.15, 0.2) is 59.3 Å². The molecule has 22 heavy (non-hydrogen) atoms. The van der Waals surface area contributed by atoms with Crippen LogP contribution >= 0.6 is 11.6 Å². The average Bonchev–Trinajstić information content (AvgIpc) is 2.57. The highest BCUT2D eigenvalue weighted by Crippen LogP contribution is 2.35. The standard InChI is InChI=1S/C17H11ClN2O2/c18-14-15(20-11-7-5-10(9-19)6-8-11)17(22)13-4-2-1-3-12(13)16(14)21/h1-8,12-13,20H. The maximum absolute atomic E-state index is 12.5. The smallest absolute Gasteiger partial charge is 0.188 e. The van der Waals surface area contributed by atoms with Crippen molar-refractivity contribution in [3.05, 3.63) is 64.9 Å². The van der Waals surface area contributed by atoms with E-state index < -0.39 is 11.8 Å². The highest BCUT2D eigenvalue weighted by Gasteiger charge is 2.40. The number of hydrogen-bond acceptors (Lipinski definition) is 4. The third-order valence-corrected chi connectivity index (χ3v) is 4.08. The molecule has 1 aromatic carbocycles. The van der Waals surface area contributed by atoms with Crippen LogP contribution < -0.4 is 5.32 Å². The second kappa shape index (κ2) is 5.63. The first kappa shape index (κ1) is 14.3. The summed E-state index contributed by atoms with van der Waals surface area (Å²) >= 11 is 6.09. The Kier molecular flexibility index (Phi) is 3.66. The van der Waals surface area contributed by atoms with Crippen LogP contribution in [0.1, 0.15) is 5.56 Å². The number of fused-ring (bicyclic) bond motifs is 1. The molecule has 5 heteroatoms. The molecule has 3 rings (SSSR count). The molecule has 0 spiro atoms. The molecule has 2 unspecified atom stereocenters. The van der Waals surface area contributed by atoms with Crippen molar-refractivity contribution in [1.82, 2.24) is 0 Å². The number of hydrogen-bond donors (Lipinski definition) is 1. The predicted molar refractivity (Wildman–Crippen MR) is 82.9 cm³/mol. The maximum Gasteiger partial charge on any atom is 0.188 e. The van der Waals surface area contributed by atoms with Gasteiger partial charge in [0.15, 0.2) is 11.6 Å². The van der Waals surface area contributed by atoms with Crippen LogP contribution in [0.2, 0.25) is 0 Å². The molecule has 0 fully saturated rings. The zero-order valence-corrected chi connectivity index (χ0v) is 12.2. The minimum atomic E-state index is -0.517. The van der Waals surface area contributed by atoms with Gasteiger partial charge >= 0.3 is 0 Å². The van der Waals surface area contributed by atoms with Gasteiger partial charge in [-0.1, -0.05) is 35.9 Å². The van der Waals surface area contributed by atoms with E-state index >= 15 is 0 Å². The Morgan fingerprint density at radius 1 is 1.00 bits per heavy atom. The van der Waals surface area contributed by atoms with Crippen molar-refractivity contribution in [3.8, 4) is 6.07 Å². The minimum Gasteiger partial charge on any atom is -0.351 e. The molecule has 1 aromatic rings. The maximum atomic E-state index is 12.5. The normalized spacial score (nSPS) is 23.3. The predicted octanol–water partition coefficient (Wildman–Crippen LogP) is 2.93. The van der Waals surface area contributed by atoms with E-state index in [1.807, 2.05) is 6.07 Å². The summed E-state index contributed by atoms with van der Waals surface area (Å²) in [5.74, 6) is -1.50. The highest BCUT2D eigenvalue weighted by molar-refractivity contribution is 6.46. The summed E-state index contributed by atoms with van der Waals surface area (Å²) < 4.78 is 0. The fourth-order valence-corrected chi connectivity index (χ4v) is 2.81. The van der Waals surface area contributed by atoms with Gasteiger partial charge in [-0.05, 0) is 24.3 Å². The first-order valence-corrected chi connectivity index (χ1v) is 7.10. The number of carbonyl (C=O) groups is 2. The molecule has 2 aliphatic rings. The third kappa shape index (κ3) is 2.36. The number of allylic oxidation sites excluding steroid dienone is 6. The Labute approximate surface area is 132 Å². The second-order valence-corrected chi connectivity index (χ2v) is 5.43.